The first kappa shape index (κ1) is 13.5. The quantitative estimate of drug-likeness (QED) is 0.794. The van der Waals surface area contributed by atoms with Gasteiger partial charge in [-0.25, -0.2) is 0 Å². The average molecular weight is 288 g/mol. The van der Waals surface area contributed by atoms with Crippen LogP contribution in [0.1, 0.15) is 17.7 Å². The largest absolute Gasteiger partial charge is 0.492 e. The third-order valence-electron chi connectivity index (χ3n) is 3.53. The third kappa shape index (κ3) is 3.74. The number of nitrogen functional groups attached to an aromatic ring is 1. The molecule has 0 radical (unpaired) electrons. The molecule has 4 heteroatoms. The maximum absolute atomic E-state index is 5.79. The molecule has 2 aromatic rings. The third-order valence-corrected chi connectivity index (χ3v) is 4.39. The summed E-state index contributed by atoms with van der Waals surface area (Å²) in [4.78, 5) is 3.97. The first-order valence-corrected chi connectivity index (χ1v) is 7.94. The van der Waals surface area contributed by atoms with Crippen molar-refractivity contribution in [3.63, 3.8) is 0 Å². The van der Waals surface area contributed by atoms with E-state index < -0.39 is 0 Å². The molecule has 1 fully saturated rings. The van der Waals surface area contributed by atoms with Crippen molar-refractivity contribution in [1.82, 2.24) is 4.90 Å². The molecule has 0 unspecified atom stereocenters. The summed E-state index contributed by atoms with van der Waals surface area (Å²) in [7, 11) is 0. The molecular formula is C16H20N2OS. The highest BCUT2D eigenvalue weighted by atomic mass is 32.1. The second-order valence-electron chi connectivity index (χ2n) is 5.20. The summed E-state index contributed by atoms with van der Waals surface area (Å²) in [6, 6.07) is 12.7. The maximum atomic E-state index is 5.79. The predicted octanol–water partition coefficient (Wildman–Crippen LogP) is 3.37. The zero-order chi connectivity index (χ0) is 13.8. The summed E-state index contributed by atoms with van der Waals surface area (Å²) >= 11 is 1.83. The summed E-state index contributed by atoms with van der Waals surface area (Å²) in [5, 5.41) is 2.14. The van der Waals surface area contributed by atoms with Crippen molar-refractivity contribution in [3.8, 4) is 5.75 Å². The zero-order valence-corrected chi connectivity index (χ0v) is 12.3. The molecule has 3 rings (SSSR count). The van der Waals surface area contributed by atoms with E-state index in [1.165, 1.54) is 17.7 Å². The van der Waals surface area contributed by atoms with Crippen LogP contribution in [-0.4, -0.2) is 24.1 Å². The second kappa shape index (κ2) is 6.29. The molecule has 0 saturated heterocycles. The van der Waals surface area contributed by atoms with Crippen LogP contribution in [0.25, 0.3) is 0 Å². The molecular weight excluding hydrogens is 268 g/mol. The van der Waals surface area contributed by atoms with Gasteiger partial charge >= 0.3 is 0 Å². The molecule has 0 bridgehead atoms. The van der Waals surface area contributed by atoms with Gasteiger partial charge in [-0.1, -0.05) is 6.07 Å². The molecule has 0 spiro atoms. The van der Waals surface area contributed by atoms with Gasteiger partial charge in [0.05, 0.1) is 0 Å². The van der Waals surface area contributed by atoms with Gasteiger partial charge < -0.3 is 10.5 Å². The lowest BCUT2D eigenvalue weighted by Crippen LogP contribution is -2.29. The Morgan fingerprint density at radius 2 is 2.00 bits per heavy atom. The molecule has 3 nitrogen and oxygen atoms in total. The van der Waals surface area contributed by atoms with Crippen LogP contribution in [0.5, 0.6) is 5.75 Å². The normalized spacial score (nSPS) is 14.7. The van der Waals surface area contributed by atoms with E-state index in [0.717, 1.165) is 37.2 Å². The minimum atomic E-state index is 0.728. The summed E-state index contributed by atoms with van der Waals surface area (Å²) in [5.41, 5.74) is 6.44. The van der Waals surface area contributed by atoms with Crippen LogP contribution >= 0.6 is 11.3 Å². The van der Waals surface area contributed by atoms with Crippen molar-refractivity contribution in [2.75, 3.05) is 18.9 Å². The number of ether oxygens (including phenoxy) is 1. The van der Waals surface area contributed by atoms with E-state index in [0.29, 0.717) is 0 Å². The highest BCUT2D eigenvalue weighted by Gasteiger charge is 2.28. The molecule has 2 N–H and O–H groups in total. The smallest absolute Gasteiger partial charge is 0.119 e. The maximum Gasteiger partial charge on any atom is 0.119 e. The Balaban J connectivity index is 1.48. The summed E-state index contributed by atoms with van der Waals surface area (Å²) in [6.45, 7) is 2.76. The van der Waals surface area contributed by atoms with Gasteiger partial charge in [0.2, 0.25) is 0 Å². The van der Waals surface area contributed by atoms with Gasteiger partial charge in [-0.3, -0.25) is 4.90 Å². The van der Waals surface area contributed by atoms with E-state index in [1.54, 1.807) is 0 Å². The number of hydrogen-bond donors (Lipinski definition) is 1. The Kier molecular flexibility index (Phi) is 4.23. The first-order chi connectivity index (χ1) is 9.81. The van der Waals surface area contributed by atoms with E-state index in [1.807, 2.05) is 35.6 Å². The molecule has 0 aliphatic heterocycles. The van der Waals surface area contributed by atoms with E-state index in [9.17, 15) is 0 Å². The molecule has 0 amide bonds. The monoisotopic (exact) mass is 288 g/mol. The van der Waals surface area contributed by atoms with E-state index in [2.05, 4.69) is 22.4 Å². The van der Waals surface area contributed by atoms with Crippen molar-refractivity contribution < 1.29 is 4.74 Å². The Morgan fingerprint density at radius 1 is 1.20 bits per heavy atom. The molecule has 1 aliphatic rings. The van der Waals surface area contributed by atoms with E-state index in [-0.39, 0.29) is 0 Å². The Hall–Kier alpha value is -1.52. The van der Waals surface area contributed by atoms with Gasteiger partial charge in [0, 0.05) is 29.7 Å². The van der Waals surface area contributed by atoms with Crippen molar-refractivity contribution in [1.29, 1.82) is 0 Å². The molecule has 106 valence electrons. The van der Waals surface area contributed by atoms with Crippen molar-refractivity contribution in [2.24, 2.45) is 0 Å². The molecule has 1 aromatic carbocycles. The minimum absolute atomic E-state index is 0.728. The van der Waals surface area contributed by atoms with E-state index in [4.69, 9.17) is 10.5 Å². The summed E-state index contributed by atoms with van der Waals surface area (Å²) in [5.74, 6) is 0.895. The highest BCUT2D eigenvalue weighted by Crippen LogP contribution is 2.28. The fraction of sp³-hybridized carbons (Fsp3) is 0.375. The lowest BCUT2D eigenvalue weighted by Gasteiger charge is -2.21. The van der Waals surface area contributed by atoms with Crippen molar-refractivity contribution in [3.05, 3.63) is 46.7 Å². The second-order valence-corrected chi connectivity index (χ2v) is 6.23. The number of anilines is 1. The van der Waals surface area contributed by atoms with Crippen LogP contribution in [0.3, 0.4) is 0 Å². The van der Waals surface area contributed by atoms with Crippen LogP contribution in [0.2, 0.25) is 0 Å². The predicted molar refractivity (Wildman–Crippen MR) is 84.1 cm³/mol. The van der Waals surface area contributed by atoms with Crippen LogP contribution in [-0.2, 0) is 6.54 Å². The van der Waals surface area contributed by atoms with Crippen molar-refractivity contribution in [2.45, 2.75) is 25.4 Å². The van der Waals surface area contributed by atoms with Crippen LogP contribution in [0.15, 0.2) is 41.8 Å². The number of nitrogens with zero attached hydrogens (tertiary/aromatic N) is 1. The molecule has 1 saturated carbocycles. The van der Waals surface area contributed by atoms with Gasteiger partial charge in [0.1, 0.15) is 12.4 Å². The fourth-order valence-corrected chi connectivity index (χ4v) is 3.01. The van der Waals surface area contributed by atoms with Crippen LogP contribution in [0, 0.1) is 0 Å². The zero-order valence-electron chi connectivity index (χ0n) is 11.5. The molecule has 0 atom stereocenters. The Labute approximate surface area is 124 Å². The SMILES string of the molecule is Nc1ccc(OCCN(Cc2cccs2)C2CC2)cc1. The van der Waals surface area contributed by atoms with Gasteiger partial charge in [-0.15, -0.1) is 11.3 Å². The topological polar surface area (TPSA) is 38.5 Å². The lowest BCUT2D eigenvalue weighted by molar-refractivity contribution is 0.196. The molecule has 1 heterocycles. The fourth-order valence-electron chi connectivity index (χ4n) is 2.28. The van der Waals surface area contributed by atoms with Gasteiger partial charge in [0.15, 0.2) is 0 Å². The van der Waals surface area contributed by atoms with Gasteiger partial charge in [0.25, 0.3) is 0 Å². The van der Waals surface area contributed by atoms with Gasteiger partial charge in [-0.2, -0.15) is 0 Å². The summed E-state index contributed by atoms with van der Waals surface area (Å²) < 4.78 is 5.79. The number of rotatable bonds is 7. The van der Waals surface area contributed by atoms with Crippen LogP contribution in [0.4, 0.5) is 5.69 Å². The Morgan fingerprint density at radius 3 is 2.65 bits per heavy atom. The average Bonchev–Trinajstić information content (AvgIpc) is 3.18. The molecule has 1 aliphatic carbocycles. The molecule has 20 heavy (non-hydrogen) atoms. The lowest BCUT2D eigenvalue weighted by atomic mass is 10.3. The number of nitrogens with two attached hydrogens (primary N) is 1. The van der Waals surface area contributed by atoms with E-state index >= 15 is 0 Å². The molecule has 1 aromatic heterocycles. The highest BCUT2D eigenvalue weighted by molar-refractivity contribution is 7.09. The van der Waals surface area contributed by atoms with Crippen molar-refractivity contribution >= 4 is 17.0 Å². The summed E-state index contributed by atoms with van der Waals surface area (Å²) in [6.07, 6.45) is 2.65. The number of benzene rings is 1. The first-order valence-electron chi connectivity index (χ1n) is 7.06. The Bertz CT molecular complexity index is 520. The number of thiophene rings is 1. The minimum Gasteiger partial charge on any atom is -0.492 e. The van der Waals surface area contributed by atoms with Crippen LogP contribution < -0.4 is 10.5 Å². The standard InChI is InChI=1S/C16H20N2OS/c17-13-3-7-15(8-4-13)19-10-9-18(14-5-6-14)12-16-2-1-11-20-16/h1-4,7-8,11,14H,5-6,9-10,12,17H2. The number of hydrogen-bond acceptors (Lipinski definition) is 4. The van der Waals surface area contributed by atoms with Gasteiger partial charge in [-0.05, 0) is 48.6 Å².